The molecule has 1 fully saturated rings. The highest BCUT2D eigenvalue weighted by Gasteiger charge is 2.30. The van der Waals surface area contributed by atoms with Crippen LogP contribution in [0.25, 0.3) is 0 Å². The van der Waals surface area contributed by atoms with Gasteiger partial charge in [-0.1, -0.05) is 0 Å². The molecule has 1 aliphatic rings. The molecule has 0 aromatic heterocycles. The molecule has 0 heterocycles. The van der Waals surface area contributed by atoms with Gasteiger partial charge in [0.25, 0.3) is 0 Å². The summed E-state index contributed by atoms with van der Waals surface area (Å²) in [6, 6.07) is 8.42. The Kier molecular flexibility index (Phi) is 4.48. The lowest BCUT2D eigenvalue weighted by atomic mass is 10.2. The van der Waals surface area contributed by atoms with Crippen LogP contribution in [0.5, 0.6) is 11.5 Å². The van der Waals surface area contributed by atoms with Gasteiger partial charge in [0.05, 0.1) is 7.11 Å². The van der Waals surface area contributed by atoms with Crippen molar-refractivity contribution in [2.45, 2.75) is 25.8 Å². The van der Waals surface area contributed by atoms with E-state index in [9.17, 15) is 0 Å². The summed E-state index contributed by atoms with van der Waals surface area (Å²) >= 11 is 0. The molecule has 1 aromatic rings. The van der Waals surface area contributed by atoms with Crippen molar-refractivity contribution in [3.05, 3.63) is 24.3 Å². The van der Waals surface area contributed by atoms with Crippen molar-refractivity contribution in [3.63, 3.8) is 0 Å². The summed E-state index contributed by atoms with van der Waals surface area (Å²) in [5.74, 6) is 2.68. The summed E-state index contributed by atoms with van der Waals surface area (Å²) in [5, 5.41) is 0. The van der Waals surface area contributed by atoms with Gasteiger partial charge in [0.15, 0.2) is 0 Å². The van der Waals surface area contributed by atoms with Crippen LogP contribution >= 0.6 is 0 Å². The summed E-state index contributed by atoms with van der Waals surface area (Å²) < 4.78 is 10.8. The van der Waals surface area contributed by atoms with Gasteiger partial charge >= 0.3 is 0 Å². The van der Waals surface area contributed by atoms with Gasteiger partial charge in [-0.2, -0.15) is 0 Å². The summed E-state index contributed by atoms with van der Waals surface area (Å²) in [5.41, 5.74) is 0. The Morgan fingerprint density at radius 2 is 1.83 bits per heavy atom. The lowest BCUT2D eigenvalue weighted by Crippen LogP contribution is -2.34. The third kappa shape index (κ3) is 3.64. The number of methoxy groups -OCH3 is 1. The van der Waals surface area contributed by atoms with Crippen LogP contribution in [0, 0.1) is 5.92 Å². The Morgan fingerprint density at radius 1 is 1.22 bits per heavy atom. The topological polar surface area (TPSA) is 21.7 Å². The maximum atomic E-state index is 5.73. The van der Waals surface area contributed by atoms with Crippen LogP contribution in [0.4, 0.5) is 0 Å². The Labute approximate surface area is 110 Å². The molecule has 0 spiro atoms. The van der Waals surface area contributed by atoms with Crippen LogP contribution in [-0.2, 0) is 0 Å². The van der Waals surface area contributed by atoms with E-state index in [1.807, 2.05) is 24.3 Å². The number of nitrogens with zero attached hydrogens (tertiary/aromatic N) is 1. The largest absolute Gasteiger partial charge is 0.497 e. The molecule has 3 heteroatoms. The van der Waals surface area contributed by atoms with Crippen molar-refractivity contribution in [2.75, 3.05) is 27.3 Å². The Hall–Kier alpha value is -1.22. The van der Waals surface area contributed by atoms with Gasteiger partial charge in [-0.3, -0.25) is 0 Å². The smallest absolute Gasteiger partial charge is 0.119 e. The molecular weight excluding hydrogens is 226 g/mol. The van der Waals surface area contributed by atoms with Crippen molar-refractivity contribution in [1.82, 2.24) is 4.90 Å². The van der Waals surface area contributed by atoms with Crippen LogP contribution in [0.3, 0.4) is 0 Å². The predicted octanol–water partition coefficient (Wildman–Crippen LogP) is 2.80. The van der Waals surface area contributed by atoms with Crippen molar-refractivity contribution in [1.29, 1.82) is 0 Å². The van der Waals surface area contributed by atoms with E-state index in [0.717, 1.165) is 30.6 Å². The predicted molar refractivity (Wildman–Crippen MR) is 73.3 cm³/mol. The molecule has 0 bridgehead atoms. The molecule has 0 aliphatic heterocycles. The molecule has 100 valence electrons. The van der Waals surface area contributed by atoms with Gasteiger partial charge in [-0.05, 0) is 57.0 Å². The average molecular weight is 249 g/mol. The molecule has 3 nitrogen and oxygen atoms in total. The first kappa shape index (κ1) is 13.2. The van der Waals surface area contributed by atoms with Crippen molar-refractivity contribution in [2.24, 2.45) is 5.92 Å². The van der Waals surface area contributed by atoms with Crippen molar-refractivity contribution >= 4 is 0 Å². The molecule has 18 heavy (non-hydrogen) atoms. The van der Waals surface area contributed by atoms with E-state index < -0.39 is 0 Å². The van der Waals surface area contributed by atoms with E-state index in [1.165, 1.54) is 12.8 Å². The highest BCUT2D eigenvalue weighted by atomic mass is 16.5. The summed E-state index contributed by atoms with van der Waals surface area (Å²) in [4.78, 5) is 2.39. The molecular formula is C15H23NO2. The van der Waals surface area contributed by atoms with Crippen LogP contribution in [-0.4, -0.2) is 38.3 Å². The van der Waals surface area contributed by atoms with Gasteiger partial charge in [0.1, 0.15) is 18.1 Å². The molecule has 0 amide bonds. The van der Waals surface area contributed by atoms with Crippen LogP contribution in [0.1, 0.15) is 19.8 Å². The first-order chi connectivity index (χ1) is 8.70. The Bertz CT molecular complexity index is 359. The fourth-order valence-electron chi connectivity index (χ4n) is 2.12. The lowest BCUT2D eigenvalue weighted by molar-refractivity contribution is 0.186. The highest BCUT2D eigenvalue weighted by molar-refractivity contribution is 5.31. The fraction of sp³-hybridized carbons (Fsp3) is 0.600. The second-order valence-electron chi connectivity index (χ2n) is 5.08. The van der Waals surface area contributed by atoms with E-state index in [2.05, 4.69) is 18.9 Å². The fourth-order valence-corrected chi connectivity index (χ4v) is 2.12. The van der Waals surface area contributed by atoms with Gasteiger partial charge in [-0.25, -0.2) is 0 Å². The third-order valence-corrected chi connectivity index (χ3v) is 3.77. The minimum absolute atomic E-state index is 0.685. The molecule has 1 atom stereocenters. The number of rotatable bonds is 7. The van der Waals surface area contributed by atoms with E-state index in [1.54, 1.807) is 7.11 Å². The van der Waals surface area contributed by atoms with Crippen LogP contribution < -0.4 is 9.47 Å². The normalized spacial score (nSPS) is 16.7. The summed E-state index contributed by atoms with van der Waals surface area (Å²) in [6.07, 6.45) is 2.79. The monoisotopic (exact) mass is 249 g/mol. The standard InChI is InChI=1S/C15H23NO2/c1-12(13-4-5-13)16(2)10-11-18-15-8-6-14(17-3)7-9-15/h6-9,12-13H,4-5,10-11H2,1-3H3. The van der Waals surface area contributed by atoms with Gasteiger partial charge in [0, 0.05) is 12.6 Å². The minimum Gasteiger partial charge on any atom is -0.497 e. The average Bonchev–Trinajstić information content (AvgIpc) is 3.23. The van der Waals surface area contributed by atoms with E-state index >= 15 is 0 Å². The highest BCUT2D eigenvalue weighted by Crippen LogP contribution is 2.34. The maximum absolute atomic E-state index is 5.73. The SMILES string of the molecule is COc1ccc(OCCN(C)C(C)C2CC2)cc1. The lowest BCUT2D eigenvalue weighted by Gasteiger charge is -2.24. The molecule has 0 saturated heterocycles. The molecule has 2 rings (SSSR count). The number of ether oxygens (including phenoxy) is 2. The van der Waals surface area contributed by atoms with E-state index in [4.69, 9.17) is 9.47 Å². The van der Waals surface area contributed by atoms with Crippen molar-refractivity contribution < 1.29 is 9.47 Å². The molecule has 1 saturated carbocycles. The van der Waals surface area contributed by atoms with Crippen molar-refractivity contribution in [3.8, 4) is 11.5 Å². The molecule has 1 aromatic carbocycles. The third-order valence-electron chi connectivity index (χ3n) is 3.77. The number of hydrogen-bond donors (Lipinski definition) is 0. The molecule has 0 N–H and O–H groups in total. The van der Waals surface area contributed by atoms with Gasteiger partial charge in [-0.15, -0.1) is 0 Å². The van der Waals surface area contributed by atoms with E-state index in [-0.39, 0.29) is 0 Å². The molecule has 0 radical (unpaired) electrons. The zero-order valence-electron chi connectivity index (χ0n) is 11.6. The Morgan fingerprint density at radius 3 is 2.39 bits per heavy atom. The second-order valence-corrected chi connectivity index (χ2v) is 5.08. The van der Waals surface area contributed by atoms with Crippen LogP contribution in [0.2, 0.25) is 0 Å². The quantitative estimate of drug-likeness (QED) is 0.741. The first-order valence-corrected chi connectivity index (χ1v) is 6.68. The first-order valence-electron chi connectivity index (χ1n) is 6.68. The number of benzene rings is 1. The maximum Gasteiger partial charge on any atom is 0.119 e. The van der Waals surface area contributed by atoms with Crippen LogP contribution in [0.15, 0.2) is 24.3 Å². The van der Waals surface area contributed by atoms with Gasteiger partial charge in [0.2, 0.25) is 0 Å². The summed E-state index contributed by atoms with van der Waals surface area (Å²) in [7, 11) is 3.85. The zero-order valence-corrected chi connectivity index (χ0v) is 11.6. The van der Waals surface area contributed by atoms with Gasteiger partial charge < -0.3 is 14.4 Å². The molecule has 1 aliphatic carbocycles. The summed E-state index contributed by atoms with van der Waals surface area (Å²) in [6.45, 7) is 4.02. The minimum atomic E-state index is 0.685. The Balaban J connectivity index is 1.70. The van der Waals surface area contributed by atoms with E-state index in [0.29, 0.717) is 6.04 Å². The number of likely N-dealkylation sites (N-methyl/N-ethyl adjacent to an activating group) is 1. The zero-order chi connectivity index (χ0) is 13.0. The number of hydrogen-bond acceptors (Lipinski definition) is 3. The molecule has 1 unspecified atom stereocenters. The second kappa shape index (κ2) is 6.10.